The molecule has 0 saturated carbocycles. The second kappa shape index (κ2) is 41.4. The van der Waals surface area contributed by atoms with E-state index < -0.39 is 5.60 Å². The van der Waals surface area contributed by atoms with Crippen molar-refractivity contribution < 1.29 is 38.0 Å². The zero-order chi connectivity index (χ0) is 40.4. The van der Waals surface area contributed by atoms with Crippen molar-refractivity contribution in [2.24, 2.45) is 0 Å². The molecule has 0 bridgehead atoms. The third kappa shape index (κ3) is 43.5. The Balaban J connectivity index is 0. The molecule has 0 aromatic heterocycles. The first-order valence-electron chi connectivity index (χ1n) is 22.3. The van der Waals surface area contributed by atoms with Gasteiger partial charge in [0, 0.05) is 34.0 Å². The highest BCUT2D eigenvalue weighted by molar-refractivity contribution is 5.70. The molecule has 0 heterocycles. The number of amides is 1. The Bertz CT molecular complexity index is 779. The number of nitrogens with one attached hydrogen (secondary N) is 1. The Morgan fingerprint density at radius 2 is 1.04 bits per heavy atom. The fourth-order valence-electron chi connectivity index (χ4n) is 5.81. The van der Waals surface area contributed by atoms with Crippen molar-refractivity contribution >= 4 is 12.4 Å². The quantitative estimate of drug-likeness (QED) is 0.0372. The Hall–Kier alpha value is -1.26. The average Bonchev–Trinajstić information content (AvgIpc) is 3.15. The Kier molecular flexibility index (Phi) is 42.0. The Labute approximate surface area is 334 Å². The second-order valence-electron chi connectivity index (χ2n) is 16.3. The lowest BCUT2D eigenvalue weighted by atomic mass is 10.1. The molecule has 0 aliphatic carbocycles. The topological polar surface area (TPSA) is 102 Å². The monoisotopic (exact) mass is 774 g/mol. The zero-order valence-corrected chi connectivity index (χ0v) is 37.0. The number of carbonyl (C=O) groups is 2. The highest BCUT2D eigenvalue weighted by atomic mass is 16.6. The molecule has 0 fully saturated rings. The summed E-state index contributed by atoms with van der Waals surface area (Å²) >= 11 is 0. The van der Waals surface area contributed by atoms with Crippen LogP contribution in [0.25, 0.3) is 0 Å². The minimum atomic E-state index is -0.580. The largest absolute Gasteiger partial charge is 0.463 e. The van der Waals surface area contributed by atoms with Crippen LogP contribution in [0.4, 0.5) is 0 Å². The first-order valence-corrected chi connectivity index (χ1v) is 22.3. The summed E-state index contributed by atoms with van der Waals surface area (Å²) in [4.78, 5) is 21.4. The van der Waals surface area contributed by atoms with Gasteiger partial charge in [0.15, 0.2) is 0 Å². The fraction of sp³-hybridized carbons (Fsp3) is 0.956. The van der Waals surface area contributed by atoms with Gasteiger partial charge in [0.2, 0.25) is 6.41 Å². The van der Waals surface area contributed by atoms with Gasteiger partial charge in [-0.05, 0) is 40.5 Å². The van der Waals surface area contributed by atoms with Crippen molar-refractivity contribution in [3.8, 4) is 0 Å². The highest BCUT2D eigenvalue weighted by Gasteiger charge is 2.26. The molecule has 0 aliphatic heterocycles. The molecule has 1 N–H and O–H groups in total. The van der Waals surface area contributed by atoms with E-state index in [-0.39, 0.29) is 37.2 Å². The van der Waals surface area contributed by atoms with Crippen LogP contribution in [0, 0.1) is 0 Å². The number of hydrogen-bond acceptors (Lipinski definition) is 8. The van der Waals surface area contributed by atoms with Crippen molar-refractivity contribution in [1.82, 2.24) is 5.32 Å². The van der Waals surface area contributed by atoms with E-state index in [4.69, 9.17) is 28.4 Å². The molecule has 9 heteroatoms. The molecular weight excluding hydrogens is 682 g/mol. The van der Waals surface area contributed by atoms with E-state index in [2.05, 4.69) is 19.2 Å². The normalized spacial score (nSPS) is 12.3. The Morgan fingerprint density at radius 3 is 1.46 bits per heavy atom. The van der Waals surface area contributed by atoms with Gasteiger partial charge in [-0.15, -0.1) is 0 Å². The number of hydrogen-bond donors (Lipinski definition) is 1. The molecule has 9 nitrogen and oxygen atoms in total. The minimum Gasteiger partial charge on any atom is -0.463 e. The standard InChI is InChI=1S/C32H66O3.C13H25NO5/c1-4-6-8-10-12-14-16-18-20-22-24-26-28-34-31-32(30-33-3)35-29-27-25-23-21-19-17-15-13-11-9-7-5-2;1-12(2,17-5)9-19-13(3,4)8-18-11(16)6-7-14-10-15/h32H,4-31H2,1-3H3;10H,6-9H2,1-5H3,(H,14,15). The van der Waals surface area contributed by atoms with Crippen LogP contribution in [0.5, 0.6) is 0 Å². The highest BCUT2D eigenvalue weighted by Crippen LogP contribution is 2.17. The van der Waals surface area contributed by atoms with E-state index in [1.807, 2.05) is 27.7 Å². The number of esters is 1. The van der Waals surface area contributed by atoms with Crippen LogP contribution in [0.2, 0.25) is 0 Å². The fourth-order valence-corrected chi connectivity index (χ4v) is 5.81. The van der Waals surface area contributed by atoms with Gasteiger partial charge >= 0.3 is 5.97 Å². The molecule has 0 radical (unpaired) electrons. The summed E-state index contributed by atoms with van der Waals surface area (Å²) in [6, 6.07) is 0. The summed E-state index contributed by atoms with van der Waals surface area (Å²) < 4.78 is 33.3. The van der Waals surface area contributed by atoms with Crippen LogP contribution in [-0.2, 0) is 38.0 Å². The molecule has 1 unspecified atom stereocenters. The molecule has 0 rings (SSSR count). The molecule has 0 saturated heterocycles. The van der Waals surface area contributed by atoms with Crippen molar-refractivity contribution in [2.45, 2.75) is 219 Å². The lowest BCUT2D eigenvalue weighted by molar-refractivity contribution is -0.159. The molecule has 1 amide bonds. The van der Waals surface area contributed by atoms with Crippen molar-refractivity contribution in [2.75, 3.05) is 60.4 Å². The van der Waals surface area contributed by atoms with Crippen LogP contribution < -0.4 is 5.32 Å². The molecule has 0 spiro atoms. The maximum absolute atomic E-state index is 11.4. The van der Waals surface area contributed by atoms with Gasteiger partial charge < -0.3 is 33.7 Å². The van der Waals surface area contributed by atoms with E-state index in [1.165, 1.54) is 148 Å². The summed E-state index contributed by atoms with van der Waals surface area (Å²) in [5.41, 5.74) is -0.960. The Morgan fingerprint density at radius 1 is 0.593 bits per heavy atom. The van der Waals surface area contributed by atoms with E-state index >= 15 is 0 Å². The van der Waals surface area contributed by atoms with Crippen LogP contribution >= 0.6 is 0 Å². The first kappa shape index (κ1) is 54.8. The van der Waals surface area contributed by atoms with E-state index in [1.54, 1.807) is 14.2 Å². The summed E-state index contributed by atoms with van der Waals surface area (Å²) in [6.07, 6.45) is 33.9. The third-order valence-corrected chi connectivity index (χ3v) is 9.65. The second-order valence-corrected chi connectivity index (χ2v) is 16.3. The number of carbonyl (C=O) groups excluding carboxylic acids is 2. The summed E-state index contributed by atoms with van der Waals surface area (Å²) in [7, 11) is 3.38. The van der Waals surface area contributed by atoms with Gasteiger partial charge in [0.25, 0.3) is 0 Å². The van der Waals surface area contributed by atoms with Crippen molar-refractivity contribution in [3.05, 3.63) is 0 Å². The zero-order valence-electron chi connectivity index (χ0n) is 37.0. The average molecular weight is 774 g/mol. The van der Waals surface area contributed by atoms with Gasteiger partial charge in [-0.1, -0.05) is 155 Å². The molecule has 0 aromatic carbocycles. The number of ether oxygens (including phenoxy) is 6. The minimum absolute atomic E-state index is 0.0880. The van der Waals surface area contributed by atoms with Crippen LogP contribution in [0.3, 0.4) is 0 Å². The van der Waals surface area contributed by atoms with Gasteiger partial charge in [-0.3, -0.25) is 9.59 Å². The van der Waals surface area contributed by atoms with Gasteiger partial charge in [-0.25, -0.2) is 0 Å². The van der Waals surface area contributed by atoms with Crippen LogP contribution in [0.15, 0.2) is 0 Å². The van der Waals surface area contributed by atoms with E-state index in [9.17, 15) is 9.59 Å². The number of unbranched alkanes of at least 4 members (excludes halogenated alkanes) is 22. The summed E-state index contributed by atoms with van der Waals surface area (Å²) in [5.74, 6) is -0.364. The van der Waals surface area contributed by atoms with Gasteiger partial charge in [0.1, 0.15) is 12.7 Å². The maximum atomic E-state index is 11.4. The number of rotatable bonds is 41. The SMILES string of the molecule is CCCCCCCCCCCCCCOCC(COC)OCCCCCCCCCCCCCC.COC(C)(C)COC(C)(C)COC(=O)CCNC=O. The summed E-state index contributed by atoms with van der Waals surface area (Å²) in [6.45, 7) is 15.9. The lowest BCUT2D eigenvalue weighted by Crippen LogP contribution is -2.39. The van der Waals surface area contributed by atoms with Gasteiger partial charge in [0.05, 0.1) is 37.4 Å². The van der Waals surface area contributed by atoms with E-state index in [0.29, 0.717) is 26.2 Å². The molecule has 54 heavy (non-hydrogen) atoms. The number of methoxy groups -OCH3 is 2. The van der Waals surface area contributed by atoms with Crippen molar-refractivity contribution in [3.63, 3.8) is 0 Å². The summed E-state index contributed by atoms with van der Waals surface area (Å²) in [5, 5.41) is 2.40. The van der Waals surface area contributed by atoms with E-state index in [0.717, 1.165) is 19.6 Å². The first-order chi connectivity index (χ1) is 26.1. The lowest BCUT2D eigenvalue weighted by Gasteiger charge is -2.30. The van der Waals surface area contributed by atoms with Gasteiger partial charge in [-0.2, -0.15) is 0 Å². The molecule has 0 aliphatic rings. The predicted molar refractivity (Wildman–Crippen MR) is 225 cm³/mol. The van der Waals surface area contributed by atoms with Crippen LogP contribution in [-0.4, -0.2) is 90.1 Å². The molecule has 324 valence electrons. The molecule has 1 atom stereocenters. The molecule has 0 aromatic rings. The van der Waals surface area contributed by atoms with Crippen molar-refractivity contribution in [1.29, 1.82) is 0 Å². The van der Waals surface area contributed by atoms with Crippen LogP contribution in [0.1, 0.15) is 202 Å². The maximum Gasteiger partial charge on any atom is 0.307 e. The predicted octanol–water partition coefficient (Wildman–Crippen LogP) is 11.3. The smallest absolute Gasteiger partial charge is 0.307 e. The third-order valence-electron chi connectivity index (χ3n) is 9.65. The molecular formula is C45H91NO8.